The Morgan fingerprint density at radius 2 is 1.79 bits per heavy atom. The van der Waals surface area contributed by atoms with Crippen LogP contribution in [0.5, 0.6) is 0 Å². The minimum Gasteiger partial charge on any atom is -0.355 e. The van der Waals surface area contributed by atoms with E-state index in [0.29, 0.717) is 10.8 Å². The first kappa shape index (κ1) is 17.7. The average Bonchev–Trinajstić information content (AvgIpc) is 3.30. The Morgan fingerprint density at radius 1 is 1.03 bits per heavy atom. The maximum Gasteiger partial charge on any atom is 0.338 e. The van der Waals surface area contributed by atoms with Crippen LogP contribution in [0.4, 0.5) is 10.5 Å². The van der Waals surface area contributed by atoms with Crippen LogP contribution < -0.4 is 15.8 Å². The van der Waals surface area contributed by atoms with Crippen molar-refractivity contribution in [3.63, 3.8) is 0 Å². The molecule has 3 aromatic carbocycles. The largest absolute Gasteiger partial charge is 0.355 e. The van der Waals surface area contributed by atoms with Crippen molar-refractivity contribution in [1.29, 1.82) is 0 Å². The summed E-state index contributed by atoms with van der Waals surface area (Å²) in [5, 5.41) is 10.2. The van der Waals surface area contributed by atoms with Crippen LogP contribution in [0.2, 0.25) is 5.02 Å². The van der Waals surface area contributed by atoms with Gasteiger partial charge in [0.2, 0.25) is 0 Å². The number of rotatable bonds is 3. The summed E-state index contributed by atoms with van der Waals surface area (Å²) in [4.78, 5) is 12.6. The minimum atomic E-state index is -0.782. The van der Waals surface area contributed by atoms with E-state index in [2.05, 4.69) is 15.9 Å². The Morgan fingerprint density at radius 3 is 2.55 bits per heavy atom. The van der Waals surface area contributed by atoms with Crippen molar-refractivity contribution in [2.75, 3.05) is 5.01 Å². The van der Waals surface area contributed by atoms with Crippen molar-refractivity contribution in [2.24, 2.45) is 0 Å². The van der Waals surface area contributed by atoms with Gasteiger partial charge in [-0.3, -0.25) is 0 Å². The number of aromatic nitrogens is 1. The Balaban J connectivity index is 1.54. The number of hydrogen-bond acceptors (Lipinski definition) is 4. The van der Waals surface area contributed by atoms with E-state index in [4.69, 9.17) is 16.1 Å². The van der Waals surface area contributed by atoms with Gasteiger partial charge in [0.15, 0.2) is 5.76 Å². The van der Waals surface area contributed by atoms with Crippen LogP contribution in [0.15, 0.2) is 77.3 Å². The molecule has 6 nitrogen and oxygen atoms in total. The van der Waals surface area contributed by atoms with Crippen LogP contribution in [0, 0.1) is 0 Å². The number of fused-ring (bicyclic) bond motifs is 1. The first-order valence-corrected chi connectivity index (χ1v) is 9.52. The molecule has 29 heavy (non-hydrogen) atoms. The zero-order chi connectivity index (χ0) is 20.0. The average molecular weight is 405 g/mol. The second kappa shape index (κ2) is 6.62. The lowest BCUT2D eigenvalue weighted by Gasteiger charge is -2.25. The lowest BCUT2D eigenvalue weighted by molar-refractivity contribution is 0.248. The number of nitrogens with zero attached hydrogens (tertiary/aromatic N) is 2. The van der Waals surface area contributed by atoms with E-state index in [0.717, 1.165) is 27.7 Å². The highest BCUT2D eigenvalue weighted by atomic mass is 35.5. The molecule has 0 saturated carbocycles. The van der Waals surface area contributed by atoms with Gasteiger partial charge in [0, 0.05) is 10.6 Å². The molecule has 0 spiro atoms. The van der Waals surface area contributed by atoms with Gasteiger partial charge in [-0.2, -0.15) is 5.43 Å². The predicted octanol–water partition coefficient (Wildman–Crippen LogP) is 5.06. The van der Waals surface area contributed by atoms with Crippen molar-refractivity contribution >= 4 is 34.2 Å². The molecule has 0 aliphatic carbocycles. The smallest absolute Gasteiger partial charge is 0.338 e. The molecule has 5 rings (SSSR count). The van der Waals surface area contributed by atoms with Gasteiger partial charge in [-0.15, -0.1) is 0 Å². The van der Waals surface area contributed by atoms with Gasteiger partial charge < -0.3 is 9.84 Å². The first-order valence-electron chi connectivity index (χ1n) is 9.14. The third-order valence-electron chi connectivity index (χ3n) is 5.07. The molecule has 1 aliphatic heterocycles. The molecule has 1 aliphatic rings. The van der Waals surface area contributed by atoms with E-state index >= 15 is 0 Å². The number of para-hydroxylation sites is 1. The number of amides is 2. The zero-order valence-corrected chi connectivity index (χ0v) is 16.3. The molecule has 1 saturated heterocycles. The molecule has 2 N–H and O–H groups in total. The predicted molar refractivity (Wildman–Crippen MR) is 112 cm³/mol. The fraction of sp³-hybridized carbons (Fsp3) is 0.0909. The van der Waals surface area contributed by atoms with Crippen molar-refractivity contribution < 1.29 is 9.32 Å². The van der Waals surface area contributed by atoms with Crippen LogP contribution in [-0.2, 0) is 5.66 Å². The van der Waals surface area contributed by atoms with Gasteiger partial charge in [-0.1, -0.05) is 41.0 Å². The summed E-state index contributed by atoms with van der Waals surface area (Å²) in [5.41, 5.74) is 5.77. The quantitative estimate of drug-likeness (QED) is 0.501. The molecule has 0 bridgehead atoms. The number of carbonyl (C=O) groups is 1. The van der Waals surface area contributed by atoms with Crippen LogP contribution in [0.1, 0.15) is 12.5 Å². The van der Waals surface area contributed by atoms with E-state index in [1.807, 2.05) is 79.7 Å². The molecule has 144 valence electrons. The number of halogens is 1. The second-order valence-corrected chi connectivity index (χ2v) is 7.52. The highest BCUT2D eigenvalue weighted by Crippen LogP contribution is 2.33. The third-order valence-corrected chi connectivity index (χ3v) is 5.32. The monoisotopic (exact) mass is 404 g/mol. The SMILES string of the molecule is C[C@@]1(c2ccc3noc(-c4ccc(Cl)cc4)c3c2)NC(=O)N(c2ccccc2)N1. The maximum absolute atomic E-state index is 12.6. The highest BCUT2D eigenvalue weighted by Gasteiger charge is 2.40. The van der Waals surface area contributed by atoms with Crippen molar-refractivity contribution in [1.82, 2.24) is 15.9 Å². The topological polar surface area (TPSA) is 70.4 Å². The summed E-state index contributed by atoms with van der Waals surface area (Å²) in [6.07, 6.45) is 0. The number of benzene rings is 3. The van der Waals surface area contributed by atoms with E-state index in [9.17, 15) is 4.79 Å². The fourth-order valence-electron chi connectivity index (χ4n) is 3.53. The Kier molecular flexibility index (Phi) is 4.04. The van der Waals surface area contributed by atoms with Gasteiger partial charge in [0.05, 0.1) is 11.1 Å². The van der Waals surface area contributed by atoms with Gasteiger partial charge in [-0.05, 0) is 61.0 Å². The zero-order valence-electron chi connectivity index (χ0n) is 15.5. The molecule has 0 unspecified atom stereocenters. The number of carbonyl (C=O) groups excluding carboxylic acids is 1. The Hall–Kier alpha value is -3.35. The minimum absolute atomic E-state index is 0.220. The summed E-state index contributed by atoms with van der Waals surface area (Å²) in [6.45, 7) is 1.92. The van der Waals surface area contributed by atoms with E-state index in [-0.39, 0.29) is 6.03 Å². The first-order chi connectivity index (χ1) is 14.0. The number of urea groups is 1. The lowest BCUT2D eigenvalue weighted by Crippen LogP contribution is -2.45. The number of nitrogens with one attached hydrogen (secondary N) is 2. The molecule has 1 aromatic heterocycles. The van der Waals surface area contributed by atoms with Crippen molar-refractivity contribution in [3.8, 4) is 11.3 Å². The molecule has 1 atom stereocenters. The summed E-state index contributed by atoms with van der Waals surface area (Å²) in [5.74, 6) is 0.659. The second-order valence-electron chi connectivity index (χ2n) is 7.09. The summed E-state index contributed by atoms with van der Waals surface area (Å²) < 4.78 is 5.59. The summed E-state index contributed by atoms with van der Waals surface area (Å²) in [7, 11) is 0. The summed E-state index contributed by atoms with van der Waals surface area (Å²) >= 11 is 6.00. The summed E-state index contributed by atoms with van der Waals surface area (Å²) in [6, 6.07) is 22.4. The van der Waals surface area contributed by atoms with E-state index < -0.39 is 5.66 Å². The van der Waals surface area contributed by atoms with Gasteiger partial charge in [0.25, 0.3) is 0 Å². The lowest BCUT2D eigenvalue weighted by atomic mass is 9.99. The Labute approximate surface area is 172 Å². The van der Waals surface area contributed by atoms with Crippen LogP contribution in [-0.4, -0.2) is 11.2 Å². The molecule has 2 amide bonds. The van der Waals surface area contributed by atoms with Crippen LogP contribution in [0.25, 0.3) is 22.2 Å². The molecule has 1 fully saturated rings. The van der Waals surface area contributed by atoms with Crippen LogP contribution >= 0.6 is 11.6 Å². The standard InChI is InChI=1S/C22H17ClN4O2/c1-22(24-21(28)27(26-22)17-5-3-2-4-6-17)15-9-12-19-18(13-15)20(29-25-19)14-7-10-16(23)11-8-14/h2-13,26H,1H3,(H,24,28)/t22-/m1/s1. The molecule has 7 heteroatoms. The third kappa shape index (κ3) is 3.03. The number of hydrazine groups is 1. The number of anilines is 1. The normalized spacial score (nSPS) is 19.0. The number of hydrogen-bond donors (Lipinski definition) is 2. The molecular formula is C22H17ClN4O2. The fourth-order valence-corrected chi connectivity index (χ4v) is 3.66. The van der Waals surface area contributed by atoms with Gasteiger partial charge in [-0.25, -0.2) is 9.80 Å². The Bertz CT molecular complexity index is 1210. The molecular weight excluding hydrogens is 388 g/mol. The molecule has 0 radical (unpaired) electrons. The molecule has 4 aromatic rings. The van der Waals surface area contributed by atoms with Gasteiger partial charge >= 0.3 is 6.03 Å². The van der Waals surface area contributed by atoms with E-state index in [1.54, 1.807) is 0 Å². The van der Waals surface area contributed by atoms with E-state index in [1.165, 1.54) is 5.01 Å². The van der Waals surface area contributed by atoms with Crippen molar-refractivity contribution in [3.05, 3.63) is 83.4 Å². The highest BCUT2D eigenvalue weighted by molar-refractivity contribution is 6.30. The van der Waals surface area contributed by atoms with Crippen molar-refractivity contribution in [2.45, 2.75) is 12.6 Å². The maximum atomic E-state index is 12.6. The van der Waals surface area contributed by atoms with Crippen LogP contribution in [0.3, 0.4) is 0 Å². The van der Waals surface area contributed by atoms with Gasteiger partial charge in [0.1, 0.15) is 11.2 Å². The molecule has 2 heterocycles.